The third kappa shape index (κ3) is 5.65. The third-order valence-corrected chi connectivity index (χ3v) is 4.96. The standard InChI is InChI=1S/C21H20FN3O2S/c1-14-5-10-19(28-14)13-24-21(27)23-12-15-3-2-4-18(11-15)25-20(26)16-6-8-17(22)9-7-16/h2-11H,12-13H2,1H3,(H,25,26)(H2,23,24,27). The number of hydrogen-bond donors (Lipinski definition) is 3. The lowest BCUT2D eigenvalue weighted by molar-refractivity contribution is 0.102. The fraction of sp³-hybridized carbons (Fsp3) is 0.143. The van der Waals surface area contributed by atoms with Crippen LogP contribution in [-0.2, 0) is 13.1 Å². The van der Waals surface area contributed by atoms with Gasteiger partial charge in [0.2, 0.25) is 0 Å². The SMILES string of the molecule is Cc1ccc(CNC(=O)NCc2cccc(NC(=O)c3ccc(F)cc3)c2)s1. The largest absolute Gasteiger partial charge is 0.334 e. The summed E-state index contributed by atoms with van der Waals surface area (Å²) in [6.07, 6.45) is 0. The van der Waals surface area contributed by atoms with Crippen molar-refractivity contribution < 1.29 is 14.0 Å². The number of aryl methyl sites for hydroxylation is 1. The summed E-state index contributed by atoms with van der Waals surface area (Å²) in [6.45, 7) is 2.84. The van der Waals surface area contributed by atoms with Gasteiger partial charge in [0.05, 0.1) is 6.54 Å². The molecule has 0 spiro atoms. The van der Waals surface area contributed by atoms with E-state index in [2.05, 4.69) is 16.0 Å². The van der Waals surface area contributed by atoms with Gasteiger partial charge in [-0.1, -0.05) is 12.1 Å². The fourth-order valence-electron chi connectivity index (χ4n) is 2.56. The van der Waals surface area contributed by atoms with Crippen LogP contribution in [0, 0.1) is 12.7 Å². The normalized spacial score (nSPS) is 10.4. The Morgan fingerprint density at radius 3 is 2.43 bits per heavy atom. The van der Waals surface area contributed by atoms with E-state index in [0.717, 1.165) is 10.4 Å². The lowest BCUT2D eigenvalue weighted by Crippen LogP contribution is -2.34. The highest BCUT2D eigenvalue weighted by atomic mass is 32.1. The van der Waals surface area contributed by atoms with Gasteiger partial charge < -0.3 is 16.0 Å². The van der Waals surface area contributed by atoms with Crippen LogP contribution in [0.2, 0.25) is 0 Å². The molecule has 0 aliphatic rings. The molecular formula is C21H20FN3O2S. The first-order valence-corrected chi connectivity index (χ1v) is 9.54. The number of hydrogen-bond acceptors (Lipinski definition) is 3. The van der Waals surface area contributed by atoms with Gasteiger partial charge in [0.15, 0.2) is 0 Å². The molecule has 0 saturated carbocycles. The molecule has 0 aliphatic carbocycles. The highest BCUT2D eigenvalue weighted by molar-refractivity contribution is 7.11. The molecule has 3 rings (SSSR count). The summed E-state index contributed by atoms with van der Waals surface area (Å²) in [5, 5.41) is 8.38. The second kappa shape index (κ2) is 9.14. The van der Waals surface area contributed by atoms with Gasteiger partial charge in [0.25, 0.3) is 5.91 Å². The Morgan fingerprint density at radius 1 is 0.964 bits per heavy atom. The van der Waals surface area contributed by atoms with E-state index in [1.807, 2.05) is 25.1 Å². The van der Waals surface area contributed by atoms with Crippen molar-refractivity contribution in [3.63, 3.8) is 0 Å². The summed E-state index contributed by atoms with van der Waals surface area (Å²) in [6, 6.07) is 16.3. The lowest BCUT2D eigenvalue weighted by Gasteiger charge is -2.09. The third-order valence-electron chi connectivity index (χ3n) is 3.96. The Morgan fingerprint density at radius 2 is 1.71 bits per heavy atom. The van der Waals surface area contributed by atoms with Gasteiger partial charge in [-0.2, -0.15) is 0 Å². The molecule has 0 bridgehead atoms. The van der Waals surface area contributed by atoms with Crippen LogP contribution in [0.1, 0.15) is 25.7 Å². The molecule has 7 heteroatoms. The molecular weight excluding hydrogens is 377 g/mol. The monoisotopic (exact) mass is 397 g/mol. The molecule has 0 radical (unpaired) electrons. The Hall–Kier alpha value is -3.19. The number of halogens is 1. The molecule has 5 nitrogen and oxygen atoms in total. The first-order valence-electron chi connectivity index (χ1n) is 8.72. The number of anilines is 1. The van der Waals surface area contributed by atoms with Crippen LogP contribution in [0.3, 0.4) is 0 Å². The predicted molar refractivity (Wildman–Crippen MR) is 109 cm³/mol. The summed E-state index contributed by atoms with van der Waals surface area (Å²) in [4.78, 5) is 26.5. The zero-order chi connectivity index (χ0) is 19.9. The number of amides is 3. The number of thiophene rings is 1. The summed E-state index contributed by atoms with van der Waals surface area (Å²) < 4.78 is 13.0. The summed E-state index contributed by atoms with van der Waals surface area (Å²) in [5.74, 6) is -0.716. The van der Waals surface area contributed by atoms with Gasteiger partial charge in [0, 0.05) is 27.5 Å². The van der Waals surface area contributed by atoms with E-state index in [1.54, 1.807) is 29.5 Å². The maximum Gasteiger partial charge on any atom is 0.315 e. The topological polar surface area (TPSA) is 70.2 Å². The van der Waals surface area contributed by atoms with E-state index in [-0.39, 0.29) is 11.9 Å². The maximum absolute atomic E-state index is 13.0. The van der Waals surface area contributed by atoms with E-state index in [4.69, 9.17) is 0 Å². The van der Waals surface area contributed by atoms with Crippen LogP contribution in [0.4, 0.5) is 14.9 Å². The zero-order valence-electron chi connectivity index (χ0n) is 15.3. The molecule has 2 aromatic carbocycles. The number of benzene rings is 2. The Balaban J connectivity index is 1.50. The molecule has 3 aromatic rings. The molecule has 0 saturated heterocycles. The van der Waals surface area contributed by atoms with Crippen molar-refractivity contribution in [1.82, 2.24) is 10.6 Å². The molecule has 1 aromatic heterocycles. The van der Waals surface area contributed by atoms with Crippen molar-refractivity contribution in [2.75, 3.05) is 5.32 Å². The van der Waals surface area contributed by atoms with Gasteiger partial charge in [-0.3, -0.25) is 4.79 Å². The van der Waals surface area contributed by atoms with Gasteiger partial charge in [-0.15, -0.1) is 11.3 Å². The molecule has 0 atom stereocenters. The van der Waals surface area contributed by atoms with Crippen molar-refractivity contribution in [1.29, 1.82) is 0 Å². The minimum Gasteiger partial charge on any atom is -0.334 e. The molecule has 3 amide bonds. The second-order valence-electron chi connectivity index (χ2n) is 6.21. The lowest BCUT2D eigenvalue weighted by atomic mass is 10.1. The van der Waals surface area contributed by atoms with Crippen molar-refractivity contribution >= 4 is 29.0 Å². The first kappa shape index (κ1) is 19.6. The number of urea groups is 1. The minimum absolute atomic E-state index is 0.258. The van der Waals surface area contributed by atoms with Crippen molar-refractivity contribution in [3.8, 4) is 0 Å². The number of nitrogens with one attached hydrogen (secondary N) is 3. The minimum atomic E-state index is -0.392. The summed E-state index contributed by atoms with van der Waals surface area (Å²) >= 11 is 1.65. The van der Waals surface area contributed by atoms with Gasteiger partial charge in [0.1, 0.15) is 5.82 Å². The highest BCUT2D eigenvalue weighted by Gasteiger charge is 2.07. The Bertz CT molecular complexity index is 970. The zero-order valence-corrected chi connectivity index (χ0v) is 16.1. The first-order chi connectivity index (χ1) is 13.5. The van der Waals surface area contributed by atoms with Gasteiger partial charge in [-0.25, -0.2) is 9.18 Å². The molecule has 28 heavy (non-hydrogen) atoms. The van der Waals surface area contributed by atoms with Crippen LogP contribution in [-0.4, -0.2) is 11.9 Å². The summed E-state index contributed by atoms with van der Waals surface area (Å²) in [5.41, 5.74) is 1.82. The van der Waals surface area contributed by atoms with Crippen molar-refractivity contribution in [3.05, 3.63) is 87.4 Å². The maximum atomic E-state index is 13.0. The Labute approximate surface area is 166 Å². The van der Waals surface area contributed by atoms with Crippen LogP contribution in [0.5, 0.6) is 0 Å². The van der Waals surface area contributed by atoms with Gasteiger partial charge in [-0.05, 0) is 61.0 Å². The second-order valence-corrected chi connectivity index (χ2v) is 7.58. The molecule has 0 fully saturated rings. The van der Waals surface area contributed by atoms with Gasteiger partial charge >= 0.3 is 6.03 Å². The van der Waals surface area contributed by atoms with Crippen LogP contribution >= 0.6 is 11.3 Å². The fourth-order valence-corrected chi connectivity index (χ4v) is 3.39. The molecule has 0 unspecified atom stereocenters. The van der Waals surface area contributed by atoms with E-state index >= 15 is 0 Å². The van der Waals surface area contributed by atoms with Crippen LogP contribution in [0.15, 0.2) is 60.7 Å². The quantitative estimate of drug-likeness (QED) is 0.575. The summed E-state index contributed by atoms with van der Waals surface area (Å²) in [7, 11) is 0. The van der Waals surface area contributed by atoms with Crippen molar-refractivity contribution in [2.24, 2.45) is 0 Å². The molecule has 0 aliphatic heterocycles. The predicted octanol–water partition coefficient (Wildman–Crippen LogP) is 4.45. The molecule has 144 valence electrons. The van der Waals surface area contributed by atoms with Crippen LogP contribution in [0.25, 0.3) is 0 Å². The van der Waals surface area contributed by atoms with Crippen molar-refractivity contribution in [2.45, 2.75) is 20.0 Å². The molecule has 1 heterocycles. The number of carbonyl (C=O) groups excluding carboxylic acids is 2. The van der Waals surface area contributed by atoms with E-state index < -0.39 is 5.82 Å². The average Bonchev–Trinajstić information content (AvgIpc) is 3.11. The highest BCUT2D eigenvalue weighted by Crippen LogP contribution is 2.15. The average molecular weight is 397 g/mol. The van der Waals surface area contributed by atoms with Crippen LogP contribution < -0.4 is 16.0 Å². The van der Waals surface area contributed by atoms with E-state index in [0.29, 0.717) is 24.3 Å². The number of carbonyl (C=O) groups is 2. The smallest absolute Gasteiger partial charge is 0.315 e. The van der Waals surface area contributed by atoms with E-state index in [1.165, 1.54) is 29.1 Å². The number of rotatable bonds is 6. The molecule has 3 N–H and O–H groups in total. The van der Waals surface area contributed by atoms with E-state index in [9.17, 15) is 14.0 Å². The Kier molecular flexibility index (Phi) is 6.39.